The summed E-state index contributed by atoms with van der Waals surface area (Å²) in [5.74, 6) is 0.968. The molecule has 2 unspecified atom stereocenters. The van der Waals surface area contributed by atoms with Crippen LogP contribution >= 0.6 is 23.2 Å². The topological polar surface area (TPSA) is 21.3 Å². The molecule has 0 fully saturated rings. The van der Waals surface area contributed by atoms with Gasteiger partial charge in [0, 0.05) is 16.5 Å². The zero-order chi connectivity index (χ0) is 14.8. The Balaban J connectivity index is 1.89. The van der Waals surface area contributed by atoms with Crippen LogP contribution in [0.1, 0.15) is 24.1 Å². The molecule has 2 atom stereocenters. The van der Waals surface area contributed by atoms with E-state index >= 15 is 0 Å². The Hall–Kier alpha value is -1.22. The molecule has 2 aromatic rings. The van der Waals surface area contributed by atoms with Crippen molar-refractivity contribution >= 4 is 23.2 Å². The number of nitrogens with one attached hydrogen (secondary N) is 1. The average molecular weight is 322 g/mol. The molecule has 21 heavy (non-hydrogen) atoms. The highest BCUT2D eigenvalue weighted by atomic mass is 35.5. The molecule has 1 aliphatic heterocycles. The first-order valence-electron chi connectivity index (χ1n) is 7.12. The van der Waals surface area contributed by atoms with Crippen LogP contribution in [-0.4, -0.2) is 12.6 Å². The molecular weight excluding hydrogens is 305 g/mol. The van der Waals surface area contributed by atoms with E-state index in [1.54, 1.807) is 6.07 Å². The molecule has 1 heterocycles. The lowest BCUT2D eigenvalue weighted by Crippen LogP contribution is -2.35. The van der Waals surface area contributed by atoms with E-state index in [-0.39, 0.29) is 12.1 Å². The van der Waals surface area contributed by atoms with E-state index in [0.717, 1.165) is 24.3 Å². The van der Waals surface area contributed by atoms with Gasteiger partial charge >= 0.3 is 0 Å². The summed E-state index contributed by atoms with van der Waals surface area (Å²) in [6.45, 7) is 2.93. The van der Waals surface area contributed by atoms with Crippen LogP contribution in [0.3, 0.4) is 0 Å². The first kappa shape index (κ1) is 14.7. The SMILES string of the molecule is CCNC(c1ccc(Cl)cc1Cl)C1Cc2ccccc2O1. The van der Waals surface area contributed by atoms with Crippen LogP contribution in [0.5, 0.6) is 5.75 Å². The molecule has 110 valence electrons. The molecular formula is C17H17Cl2NO. The predicted octanol–water partition coefficient (Wildman–Crippen LogP) is 4.65. The Labute approximate surface area is 135 Å². The molecule has 0 aliphatic carbocycles. The highest BCUT2D eigenvalue weighted by Gasteiger charge is 2.31. The second-order valence-electron chi connectivity index (χ2n) is 5.17. The molecule has 2 nitrogen and oxygen atoms in total. The van der Waals surface area contributed by atoms with E-state index in [0.29, 0.717) is 10.0 Å². The van der Waals surface area contributed by atoms with Crippen molar-refractivity contribution in [3.05, 3.63) is 63.6 Å². The number of rotatable bonds is 4. The number of likely N-dealkylation sites (N-methyl/N-ethyl adjacent to an activating group) is 1. The minimum absolute atomic E-state index is 0.0426. The Bertz CT molecular complexity index is 619. The van der Waals surface area contributed by atoms with Gasteiger partial charge in [0.2, 0.25) is 0 Å². The molecule has 4 heteroatoms. The van der Waals surface area contributed by atoms with Gasteiger partial charge in [0.05, 0.1) is 6.04 Å². The van der Waals surface area contributed by atoms with E-state index in [1.165, 1.54) is 5.56 Å². The molecule has 0 amide bonds. The van der Waals surface area contributed by atoms with Gasteiger partial charge in [-0.3, -0.25) is 0 Å². The summed E-state index contributed by atoms with van der Waals surface area (Å²) in [5.41, 5.74) is 2.27. The maximum atomic E-state index is 6.37. The predicted molar refractivity (Wildman–Crippen MR) is 87.4 cm³/mol. The zero-order valence-electron chi connectivity index (χ0n) is 11.8. The van der Waals surface area contributed by atoms with Crippen molar-refractivity contribution in [1.82, 2.24) is 5.32 Å². The summed E-state index contributed by atoms with van der Waals surface area (Å²) in [6, 6.07) is 13.8. The van der Waals surface area contributed by atoms with Gasteiger partial charge < -0.3 is 10.1 Å². The van der Waals surface area contributed by atoms with Crippen molar-refractivity contribution in [2.45, 2.75) is 25.5 Å². The molecule has 0 spiro atoms. The fourth-order valence-electron chi connectivity index (χ4n) is 2.81. The maximum absolute atomic E-state index is 6.37. The van der Waals surface area contributed by atoms with Crippen molar-refractivity contribution in [3.8, 4) is 5.75 Å². The van der Waals surface area contributed by atoms with E-state index in [2.05, 4.69) is 18.3 Å². The molecule has 1 N–H and O–H groups in total. The lowest BCUT2D eigenvalue weighted by Gasteiger charge is -2.25. The minimum atomic E-state index is 0.0426. The number of halogens is 2. The van der Waals surface area contributed by atoms with Crippen LogP contribution < -0.4 is 10.1 Å². The van der Waals surface area contributed by atoms with Gasteiger partial charge in [-0.15, -0.1) is 0 Å². The Morgan fingerprint density at radius 1 is 1.24 bits per heavy atom. The average Bonchev–Trinajstić information content (AvgIpc) is 2.89. The van der Waals surface area contributed by atoms with Crippen LogP contribution in [-0.2, 0) is 6.42 Å². The summed E-state index contributed by atoms with van der Waals surface area (Å²) < 4.78 is 6.11. The fraction of sp³-hybridized carbons (Fsp3) is 0.294. The van der Waals surface area contributed by atoms with Crippen molar-refractivity contribution in [2.75, 3.05) is 6.54 Å². The van der Waals surface area contributed by atoms with E-state index < -0.39 is 0 Å². The minimum Gasteiger partial charge on any atom is -0.488 e. The van der Waals surface area contributed by atoms with Crippen LogP contribution in [0.15, 0.2) is 42.5 Å². The second-order valence-corrected chi connectivity index (χ2v) is 6.01. The third kappa shape index (κ3) is 3.03. The maximum Gasteiger partial charge on any atom is 0.123 e. The second kappa shape index (κ2) is 6.27. The van der Waals surface area contributed by atoms with Crippen LogP contribution in [0.4, 0.5) is 0 Å². The summed E-state index contributed by atoms with van der Waals surface area (Å²) in [6.07, 6.45) is 0.924. The van der Waals surface area contributed by atoms with Crippen molar-refractivity contribution in [2.24, 2.45) is 0 Å². The van der Waals surface area contributed by atoms with Gasteiger partial charge in [0.25, 0.3) is 0 Å². The number of hydrogen-bond acceptors (Lipinski definition) is 2. The number of benzene rings is 2. The third-order valence-electron chi connectivity index (χ3n) is 3.77. The highest BCUT2D eigenvalue weighted by molar-refractivity contribution is 6.35. The summed E-state index contributed by atoms with van der Waals surface area (Å²) in [7, 11) is 0. The molecule has 3 rings (SSSR count). The number of ether oxygens (including phenoxy) is 1. The van der Waals surface area contributed by atoms with Gasteiger partial charge in [0.1, 0.15) is 11.9 Å². The lowest BCUT2D eigenvalue weighted by atomic mass is 9.97. The van der Waals surface area contributed by atoms with Crippen LogP contribution in [0.2, 0.25) is 10.0 Å². The van der Waals surface area contributed by atoms with Crippen molar-refractivity contribution in [1.29, 1.82) is 0 Å². The third-order valence-corrected chi connectivity index (χ3v) is 4.33. The molecule has 0 saturated carbocycles. The van der Waals surface area contributed by atoms with Gasteiger partial charge in [0.15, 0.2) is 0 Å². The number of fused-ring (bicyclic) bond motifs is 1. The smallest absolute Gasteiger partial charge is 0.123 e. The Morgan fingerprint density at radius 2 is 2.05 bits per heavy atom. The molecule has 0 bridgehead atoms. The molecule has 0 saturated heterocycles. The molecule has 1 aliphatic rings. The van der Waals surface area contributed by atoms with Gasteiger partial charge in [-0.05, 0) is 35.9 Å². The van der Waals surface area contributed by atoms with Crippen molar-refractivity contribution in [3.63, 3.8) is 0 Å². The highest BCUT2D eigenvalue weighted by Crippen LogP contribution is 2.36. The van der Waals surface area contributed by atoms with Crippen LogP contribution in [0, 0.1) is 0 Å². The zero-order valence-corrected chi connectivity index (χ0v) is 13.3. The number of para-hydroxylation sites is 1. The standard InChI is InChI=1S/C17H17Cl2NO/c1-2-20-17(13-8-7-12(18)10-14(13)19)16-9-11-5-3-4-6-15(11)21-16/h3-8,10,16-17,20H,2,9H2,1H3. The van der Waals surface area contributed by atoms with Gasteiger partial charge in [-0.2, -0.15) is 0 Å². The summed E-state index contributed by atoms with van der Waals surface area (Å²) in [4.78, 5) is 0. The fourth-order valence-corrected chi connectivity index (χ4v) is 3.34. The van der Waals surface area contributed by atoms with Gasteiger partial charge in [-0.25, -0.2) is 0 Å². The molecule has 0 radical (unpaired) electrons. The Morgan fingerprint density at radius 3 is 2.76 bits per heavy atom. The largest absolute Gasteiger partial charge is 0.488 e. The lowest BCUT2D eigenvalue weighted by molar-refractivity contribution is 0.180. The monoisotopic (exact) mass is 321 g/mol. The molecule has 2 aromatic carbocycles. The summed E-state index contributed by atoms with van der Waals surface area (Å²) >= 11 is 12.4. The molecule has 0 aromatic heterocycles. The van der Waals surface area contributed by atoms with Gasteiger partial charge in [-0.1, -0.05) is 54.4 Å². The van der Waals surface area contributed by atoms with E-state index in [9.17, 15) is 0 Å². The number of hydrogen-bond donors (Lipinski definition) is 1. The normalized spacial score (nSPS) is 18.1. The quantitative estimate of drug-likeness (QED) is 0.885. The summed E-state index contributed by atoms with van der Waals surface area (Å²) in [5, 5.41) is 4.81. The van der Waals surface area contributed by atoms with Crippen LogP contribution in [0.25, 0.3) is 0 Å². The first-order chi connectivity index (χ1) is 10.2. The van der Waals surface area contributed by atoms with E-state index in [1.807, 2.05) is 30.3 Å². The first-order valence-corrected chi connectivity index (χ1v) is 7.87. The van der Waals surface area contributed by atoms with Crippen molar-refractivity contribution < 1.29 is 4.74 Å². The van der Waals surface area contributed by atoms with E-state index in [4.69, 9.17) is 27.9 Å². The Kier molecular flexibility index (Phi) is 4.39.